The number of carbonyl (C=O) groups is 7. The summed E-state index contributed by atoms with van der Waals surface area (Å²) in [6.45, 7) is 3.58. The van der Waals surface area contributed by atoms with E-state index in [9.17, 15) is 38.7 Å². The van der Waals surface area contributed by atoms with E-state index in [0.29, 0.717) is 44.1 Å². The van der Waals surface area contributed by atoms with Crippen molar-refractivity contribution in [3.8, 4) is 0 Å². The van der Waals surface area contributed by atoms with E-state index in [2.05, 4.69) is 21.3 Å². The molecule has 0 spiro atoms. The van der Waals surface area contributed by atoms with Crippen molar-refractivity contribution >= 4 is 41.5 Å². The first-order valence-electron chi connectivity index (χ1n) is 15.6. The number of ether oxygens (including phenoxy) is 1. The Hall–Kier alpha value is -4.75. The maximum Gasteiger partial charge on any atom is 0.407 e. The normalized spacial score (nSPS) is 22.0. The lowest BCUT2D eigenvalue weighted by Crippen LogP contribution is -2.56. The maximum absolute atomic E-state index is 13.5. The molecule has 0 aliphatic carbocycles. The number of nitrogens with one attached hydrogen (secondary N) is 4. The highest BCUT2D eigenvalue weighted by atomic mass is 16.5. The summed E-state index contributed by atoms with van der Waals surface area (Å²) in [6.07, 6.45) is 5.78. The van der Waals surface area contributed by atoms with Crippen LogP contribution in [-0.2, 0) is 33.5 Å². The summed E-state index contributed by atoms with van der Waals surface area (Å²) in [5.74, 6) is -5.15. The minimum absolute atomic E-state index is 0.110. The molecule has 0 bridgehead atoms. The van der Waals surface area contributed by atoms with Gasteiger partial charge in [-0.05, 0) is 56.4 Å². The first-order valence-corrected chi connectivity index (χ1v) is 15.6. The number of ketones is 1. The standard InChI is InChI=1S/C32H43N5O9/c1-20(2)19-46-32(45)35-23-15-10-5-3-4-9-14-22(34-28(40)24-16-11-17-37(24)30(23)42)27(39)29(41)33-18-25(38)36-26(31(43)44)21-12-7-6-8-13-21/h3,5-8,12-13,20,22-24,26H,4,9-11,14-19H2,1-2H3,(H,33,41)(H,34,40)(H,35,45)(H,36,38)(H,43,44)/b5-3+/t22?,23-,24+,26+/m1/s1. The second-order valence-electron chi connectivity index (χ2n) is 11.7. The van der Waals surface area contributed by atoms with Crippen LogP contribution in [0.4, 0.5) is 4.79 Å². The van der Waals surface area contributed by atoms with Gasteiger partial charge in [0.2, 0.25) is 23.5 Å². The number of alkyl carbamates (subject to hydrolysis) is 1. The van der Waals surface area contributed by atoms with Gasteiger partial charge in [-0.1, -0.05) is 56.3 Å². The van der Waals surface area contributed by atoms with Crippen LogP contribution < -0.4 is 21.3 Å². The monoisotopic (exact) mass is 641 g/mol. The van der Waals surface area contributed by atoms with Gasteiger partial charge in [-0.2, -0.15) is 0 Å². The van der Waals surface area contributed by atoms with Crippen molar-refractivity contribution in [2.45, 2.75) is 83.0 Å². The Morgan fingerprint density at radius 2 is 1.72 bits per heavy atom. The van der Waals surface area contributed by atoms with Gasteiger partial charge in [0.05, 0.1) is 19.2 Å². The number of hydrogen-bond acceptors (Lipinski definition) is 8. The zero-order chi connectivity index (χ0) is 33.6. The average Bonchev–Trinajstić information content (AvgIpc) is 3.53. The van der Waals surface area contributed by atoms with E-state index in [0.717, 1.165) is 0 Å². The maximum atomic E-state index is 13.5. The van der Waals surface area contributed by atoms with Crippen LogP contribution in [0.2, 0.25) is 0 Å². The number of carbonyl (C=O) groups excluding carboxylic acids is 6. The fourth-order valence-corrected chi connectivity index (χ4v) is 5.21. The van der Waals surface area contributed by atoms with Gasteiger partial charge in [-0.15, -0.1) is 0 Å². The van der Waals surface area contributed by atoms with Crippen LogP contribution in [0.3, 0.4) is 0 Å². The highest BCUT2D eigenvalue weighted by molar-refractivity contribution is 6.38. The molecule has 2 heterocycles. The van der Waals surface area contributed by atoms with Crippen LogP contribution in [0, 0.1) is 5.92 Å². The van der Waals surface area contributed by atoms with Crippen LogP contribution >= 0.6 is 0 Å². The molecule has 0 saturated carbocycles. The lowest BCUT2D eigenvalue weighted by Gasteiger charge is -2.29. The predicted molar refractivity (Wildman–Crippen MR) is 165 cm³/mol. The fourth-order valence-electron chi connectivity index (χ4n) is 5.21. The Morgan fingerprint density at radius 1 is 1.00 bits per heavy atom. The number of fused-ring (bicyclic) bond motifs is 1. The second kappa shape index (κ2) is 17.7. The van der Waals surface area contributed by atoms with Gasteiger partial charge in [0.15, 0.2) is 6.04 Å². The Bertz CT molecular complexity index is 1300. The van der Waals surface area contributed by atoms with Gasteiger partial charge in [-0.3, -0.25) is 24.0 Å². The Balaban J connectivity index is 1.66. The van der Waals surface area contributed by atoms with Crippen LogP contribution in [0.5, 0.6) is 0 Å². The van der Waals surface area contributed by atoms with E-state index in [4.69, 9.17) is 4.74 Å². The van der Waals surface area contributed by atoms with Crippen molar-refractivity contribution in [2.75, 3.05) is 19.7 Å². The second-order valence-corrected chi connectivity index (χ2v) is 11.7. The molecule has 46 heavy (non-hydrogen) atoms. The smallest absolute Gasteiger partial charge is 0.407 e. The molecule has 3 rings (SSSR count). The van der Waals surface area contributed by atoms with Gasteiger partial charge < -0.3 is 36.0 Å². The van der Waals surface area contributed by atoms with Crippen LogP contribution in [0.1, 0.15) is 70.4 Å². The van der Waals surface area contributed by atoms with Crippen molar-refractivity contribution in [1.29, 1.82) is 0 Å². The number of rotatable bonds is 10. The highest BCUT2D eigenvalue weighted by Crippen LogP contribution is 2.21. The summed E-state index contributed by atoms with van der Waals surface area (Å²) in [4.78, 5) is 90.8. The topological polar surface area (TPSA) is 200 Å². The largest absolute Gasteiger partial charge is 0.479 e. The molecule has 5 N–H and O–H groups in total. The zero-order valence-electron chi connectivity index (χ0n) is 26.2. The number of aliphatic carboxylic acids is 1. The molecule has 1 unspecified atom stereocenters. The number of benzene rings is 1. The molecular weight excluding hydrogens is 598 g/mol. The Labute approximate surface area is 267 Å². The SMILES string of the molecule is CC(C)COC(=O)N[C@@H]1CC/C=C/CCCC(C(=O)C(=O)NCC(=O)N[C@H](C(=O)O)c2ccccc2)NC(=O)[C@@H]2CCCN2C1=O. The van der Waals surface area contributed by atoms with Gasteiger partial charge in [0.1, 0.15) is 12.1 Å². The summed E-state index contributed by atoms with van der Waals surface area (Å²) in [5.41, 5.74) is 0.329. The molecule has 1 fully saturated rings. The number of allylic oxidation sites excluding steroid dienone is 2. The van der Waals surface area contributed by atoms with Crippen molar-refractivity contribution in [3.63, 3.8) is 0 Å². The zero-order valence-corrected chi connectivity index (χ0v) is 26.2. The number of nitrogens with zero attached hydrogens (tertiary/aromatic N) is 1. The summed E-state index contributed by atoms with van der Waals surface area (Å²) >= 11 is 0. The van der Waals surface area contributed by atoms with Crippen molar-refractivity contribution in [1.82, 2.24) is 26.2 Å². The highest BCUT2D eigenvalue weighted by Gasteiger charge is 2.39. The molecule has 1 saturated heterocycles. The fraction of sp³-hybridized carbons (Fsp3) is 0.531. The summed E-state index contributed by atoms with van der Waals surface area (Å²) in [5, 5.41) is 19.3. The van der Waals surface area contributed by atoms with E-state index < -0.39 is 72.2 Å². The van der Waals surface area contributed by atoms with Crippen LogP contribution in [0.25, 0.3) is 0 Å². The van der Waals surface area contributed by atoms with E-state index in [-0.39, 0.29) is 25.5 Å². The van der Waals surface area contributed by atoms with Crippen molar-refractivity contribution in [2.24, 2.45) is 5.92 Å². The first kappa shape index (κ1) is 35.7. The van der Waals surface area contributed by atoms with Gasteiger partial charge in [0.25, 0.3) is 5.91 Å². The Morgan fingerprint density at radius 3 is 2.41 bits per heavy atom. The molecule has 0 aromatic heterocycles. The van der Waals surface area contributed by atoms with Gasteiger partial charge in [-0.25, -0.2) is 9.59 Å². The van der Waals surface area contributed by atoms with E-state index in [1.807, 2.05) is 26.0 Å². The van der Waals surface area contributed by atoms with Crippen molar-refractivity contribution in [3.05, 3.63) is 48.0 Å². The molecule has 0 radical (unpaired) electrons. The quantitative estimate of drug-likeness (QED) is 0.185. The molecule has 2 aliphatic rings. The molecule has 250 valence electrons. The minimum Gasteiger partial charge on any atom is -0.479 e. The first-order chi connectivity index (χ1) is 22.0. The molecule has 14 nitrogen and oxygen atoms in total. The van der Waals surface area contributed by atoms with Crippen LogP contribution in [0.15, 0.2) is 42.5 Å². The van der Waals surface area contributed by atoms with Crippen LogP contribution in [-0.4, -0.2) is 89.3 Å². The van der Waals surface area contributed by atoms with E-state index in [1.54, 1.807) is 18.2 Å². The number of carboxylic acid groups (broad SMARTS) is 1. The number of Topliss-reactive ketones (excluding diaryl/α,β-unsaturated/α-hetero) is 1. The van der Waals surface area contributed by atoms with Crippen molar-refractivity contribution < 1.29 is 43.4 Å². The molecule has 4 atom stereocenters. The predicted octanol–water partition coefficient (Wildman–Crippen LogP) is 1.36. The minimum atomic E-state index is -1.36. The lowest BCUT2D eigenvalue weighted by molar-refractivity contribution is -0.143. The van der Waals surface area contributed by atoms with E-state index >= 15 is 0 Å². The number of amides is 5. The van der Waals surface area contributed by atoms with Gasteiger partial charge >= 0.3 is 12.1 Å². The summed E-state index contributed by atoms with van der Waals surface area (Å²) < 4.78 is 5.20. The third-order valence-electron chi connectivity index (χ3n) is 7.58. The van der Waals surface area contributed by atoms with Gasteiger partial charge in [0, 0.05) is 6.54 Å². The lowest BCUT2D eigenvalue weighted by atomic mass is 10.0. The summed E-state index contributed by atoms with van der Waals surface area (Å²) in [6, 6.07) is 3.60. The average molecular weight is 642 g/mol. The van der Waals surface area contributed by atoms with E-state index in [1.165, 1.54) is 17.0 Å². The third-order valence-corrected chi connectivity index (χ3v) is 7.58. The molecular formula is C32H43N5O9. The molecule has 1 aromatic carbocycles. The number of carboxylic acids is 1. The third kappa shape index (κ3) is 10.7. The molecule has 2 aliphatic heterocycles. The number of hydrogen-bond donors (Lipinski definition) is 5. The Kier molecular flexibility index (Phi) is 13.7. The molecule has 1 aromatic rings. The molecule has 14 heteroatoms. The molecule has 5 amide bonds. The summed E-state index contributed by atoms with van der Waals surface area (Å²) in [7, 11) is 0.